The molecule has 5 atom stereocenters. The number of thioether (sulfide) groups is 1. The lowest BCUT2D eigenvalue weighted by Crippen LogP contribution is -2.43. The molecule has 4 heteroatoms. The minimum atomic E-state index is 0.253. The zero-order valence-corrected chi connectivity index (χ0v) is 16.0. The first-order valence-electron chi connectivity index (χ1n) is 8.49. The van der Waals surface area contributed by atoms with Crippen LogP contribution in [0.25, 0.3) is 0 Å². The highest BCUT2D eigenvalue weighted by Gasteiger charge is 2.38. The maximum atomic E-state index is 6.37. The van der Waals surface area contributed by atoms with Crippen LogP contribution in [0.15, 0.2) is 18.2 Å². The van der Waals surface area contributed by atoms with Crippen LogP contribution >= 0.6 is 11.8 Å². The Morgan fingerprint density at radius 2 is 1.57 bits per heavy atom. The molecule has 0 spiro atoms. The third-order valence-corrected chi connectivity index (χ3v) is 6.58. The SMILES string of the molecule is CCC1OC(SCc2cc(OC)cc(OC)c2)C(C)C(C)C1C. The zero-order valence-electron chi connectivity index (χ0n) is 15.2. The molecule has 130 valence electrons. The molecule has 1 saturated heterocycles. The van der Waals surface area contributed by atoms with E-state index in [0.717, 1.165) is 23.7 Å². The molecule has 0 aromatic heterocycles. The van der Waals surface area contributed by atoms with Crippen molar-refractivity contribution in [3.8, 4) is 11.5 Å². The summed E-state index contributed by atoms with van der Waals surface area (Å²) < 4.78 is 17.1. The van der Waals surface area contributed by atoms with Gasteiger partial charge in [0.25, 0.3) is 0 Å². The number of rotatable bonds is 6. The minimum Gasteiger partial charge on any atom is -0.497 e. The van der Waals surface area contributed by atoms with Gasteiger partial charge in [-0.25, -0.2) is 0 Å². The van der Waals surface area contributed by atoms with E-state index in [9.17, 15) is 0 Å². The number of ether oxygens (including phenoxy) is 3. The Balaban J connectivity index is 2.04. The lowest BCUT2D eigenvalue weighted by molar-refractivity contribution is -0.0945. The highest BCUT2D eigenvalue weighted by atomic mass is 32.2. The standard InChI is InChI=1S/C19H30O3S/c1-7-18-13(3)12(2)14(4)19(22-18)23-11-15-8-16(20-5)10-17(9-15)21-6/h8-10,12-14,18-19H,7,11H2,1-6H3. The van der Waals surface area contributed by atoms with E-state index in [1.54, 1.807) is 14.2 Å². The van der Waals surface area contributed by atoms with Gasteiger partial charge >= 0.3 is 0 Å². The summed E-state index contributed by atoms with van der Waals surface area (Å²) in [5.74, 6) is 4.46. The summed E-state index contributed by atoms with van der Waals surface area (Å²) in [5, 5.41) is 0. The van der Waals surface area contributed by atoms with Crippen molar-refractivity contribution in [3.63, 3.8) is 0 Å². The van der Waals surface area contributed by atoms with Crippen molar-refractivity contribution in [2.75, 3.05) is 14.2 Å². The van der Waals surface area contributed by atoms with Gasteiger partial charge in [-0.3, -0.25) is 0 Å². The molecule has 3 nitrogen and oxygen atoms in total. The Morgan fingerprint density at radius 1 is 0.957 bits per heavy atom. The van der Waals surface area contributed by atoms with E-state index in [2.05, 4.69) is 39.8 Å². The molecule has 1 fully saturated rings. The summed E-state index contributed by atoms with van der Waals surface area (Å²) in [6, 6.07) is 6.06. The van der Waals surface area contributed by atoms with Crippen molar-refractivity contribution in [3.05, 3.63) is 23.8 Å². The number of hydrogen-bond donors (Lipinski definition) is 0. The second kappa shape index (κ2) is 8.29. The summed E-state index contributed by atoms with van der Waals surface area (Å²) in [6.45, 7) is 9.22. The van der Waals surface area contributed by atoms with Gasteiger partial charge in [0.15, 0.2) is 0 Å². The van der Waals surface area contributed by atoms with Gasteiger partial charge in [0, 0.05) is 11.8 Å². The van der Waals surface area contributed by atoms with Gasteiger partial charge in [-0.05, 0) is 41.9 Å². The van der Waals surface area contributed by atoms with Crippen molar-refractivity contribution >= 4 is 11.8 Å². The monoisotopic (exact) mass is 338 g/mol. The smallest absolute Gasteiger partial charge is 0.122 e. The van der Waals surface area contributed by atoms with Gasteiger partial charge in [-0.2, -0.15) is 0 Å². The van der Waals surface area contributed by atoms with Crippen LogP contribution in [0.3, 0.4) is 0 Å². The minimum absolute atomic E-state index is 0.253. The van der Waals surface area contributed by atoms with E-state index in [-0.39, 0.29) is 5.44 Å². The molecule has 1 heterocycles. The van der Waals surface area contributed by atoms with Crippen LogP contribution in [0.1, 0.15) is 39.7 Å². The average Bonchev–Trinajstić information content (AvgIpc) is 2.58. The number of benzene rings is 1. The van der Waals surface area contributed by atoms with E-state index < -0.39 is 0 Å². The molecule has 0 aliphatic carbocycles. The second-order valence-electron chi connectivity index (χ2n) is 6.56. The summed E-state index contributed by atoms with van der Waals surface area (Å²) in [7, 11) is 3.37. The van der Waals surface area contributed by atoms with E-state index in [4.69, 9.17) is 14.2 Å². The van der Waals surface area contributed by atoms with Crippen molar-refractivity contribution in [2.24, 2.45) is 17.8 Å². The third-order valence-electron chi connectivity index (χ3n) is 5.21. The van der Waals surface area contributed by atoms with E-state index in [1.807, 2.05) is 17.8 Å². The lowest BCUT2D eigenvalue weighted by atomic mass is 9.79. The van der Waals surface area contributed by atoms with E-state index in [1.165, 1.54) is 5.56 Å². The quantitative estimate of drug-likeness (QED) is 0.731. The first-order chi connectivity index (χ1) is 11.0. The second-order valence-corrected chi connectivity index (χ2v) is 7.65. The normalized spacial score (nSPS) is 31.0. The van der Waals surface area contributed by atoms with Crippen LogP contribution < -0.4 is 9.47 Å². The number of methoxy groups -OCH3 is 2. The fraction of sp³-hybridized carbons (Fsp3) is 0.684. The summed E-state index contributed by atoms with van der Waals surface area (Å²) in [6.07, 6.45) is 1.46. The van der Waals surface area contributed by atoms with Crippen molar-refractivity contribution in [1.82, 2.24) is 0 Å². The molecule has 0 N–H and O–H groups in total. The molecule has 1 aromatic rings. The Morgan fingerprint density at radius 3 is 2.09 bits per heavy atom. The fourth-order valence-corrected chi connectivity index (χ4v) is 4.57. The predicted molar refractivity (Wildman–Crippen MR) is 97.3 cm³/mol. The Labute approximate surface area is 145 Å². The molecular weight excluding hydrogens is 308 g/mol. The van der Waals surface area contributed by atoms with E-state index >= 15 is 0 Å². The summed E-state index contributed by atoms with van der Waals surface area (Å²) >= 11 is 1.89. The molecule has 0 radical (unpaired) electrons. The first kappa shape index (κ1) is 18.5. The maximum Gasteiger partial charge on any atom is 0.122 e. The Kier molecular flexibility index (Phi) is 6.66. The largest absolute Gasteiger partial charge is 0.497 e. The molecular formula is C19H30O3S. The van der Waals surface area contributed by atoms with Crippen LogP contribution in [0, 0.1) is 17.8 Å². The van der Waals surface area contributed by atoms with Crippen LogP contribution in [-0.4, -0.2) is 25.8 Å². The highest BCUT2D eigenvalue weighted by molar-refractivity contribution is 7.99. The summed E-state index contributed by atoms with van der Waals surface area (Å²) in [5.41, 5.74) is 1.46. The van der Waals surface area contributed by atoms with Crippen molar-refractivity contribution < 1.29 is 14.2 Å². The average molecular weight is 339 g/mol. The molecule has 0 saturated carbocycles. The molecule has 1 aliphatic heterocycles. The predicted octanol–water partition coefficient (Wildman–Crippen LogP) is 4.98. The van der Waals surface area contributed by atoms with Gasteiger partial charge < -0.3 is 14.2 Å². The molecule has 0 bridgehead atoms. The zero-order chi connectivity index (χ0) is 17.0. The van der Waals surface area contributed by atoms with Gasteiger partial charge in [-0.15, -0.1) is 11.8 Å². The number of hydrogen-bond acceptors (Lipinski definition) is 4. The van der Waals surface area contributed by atoms with Gasteiger partial charge in [0.1, 0.15) is 16.9 Å². The van der Waals surface area contributed by atoms with Crippen molar-refractivity contribution in [2.45, 2.75) is 51.4 Å². The Bertz CT molecular complexity index is 481. The van der Waals surface area contributed by atoms with Crippen molar-refractivity contribution in [1.29, 1.82) is 0 Å². The summed E-state index contributed by atoms with van der Waals surface area (Å²) in [4.78, 5) is 0. The molecule has 1 aliphatic rings. The third kappa shape index (κ3) is 4.36. The van der Waals surface area contributed by atoms with Crippen LogP contribution in [-0.2, 0) is 10.5 Å². The first-order valence-corrected chi connectivity index (χ1v) is 9.54. The fourth-order valence-electron chi connectivity index (χ4n) is 3.27. The van der Waals surface area contributed by atoms with Gasteiger partial charge in [-0.1, -0.05) is 27.7 Å². The van der Waals surface area contributed by atoms with Gasteiger partial charge in [0.05, 0.1) is 20.3 Å². The van der Waals surface area contributed by atoms with Crippen LogP contribution in [0.5, 0.6) is 11.5 Å². The Hall–Kier alpha value is -0.870. The van der Waals surface area contributed by atoms with Crippen LogP contribution in [0.2, 0.25) is 0 Å². The molecule has 1 aromatic carbocycles. The highest BCUT2D eigenvalue weighted by Crippen LogP contribution is 2.41. The van der Waals surface area contributed by atoms with E-state index in [0.29, 0.717) is 23.9 Å². The van der Waals surface area contributed by atoms with Gasteiger partial charge in [0.2, 0.25) is 0 Å². The molecule has 0 amide bonds. The maximum absolute atomic E-state index is 6.37. The molecule has 23 heavy (non-hydrogen) atoms. The topological polar surface area (TPSA) is 27.7 Å². The molecule has 5 unspecified atom stereocenters. The van der Waals surface area contributed by atoms with Crippen LogP contribution in [0.4, 0.5) is 0 Å². The lowest BCUT2D eigenvalue weighted by Gasteiger charge is -2.43. The molecule has 2 rings (SSSR count).